The van der Waals surface area contributed by atoms with Crippen LogP contribution in [0.4, 0.5) is 17.5 Å². The SMILES string of the molecule is Nc1nc(N)c2nc(CNc3ccc(C(=O)NC(CCC(=O)O)C(=O)O)cc3)cnc2n1.c1ccc2ncncc2c1. The van der Waals surface area contributed by atoms with Gasteiger partial charge in [-0.15, -0.1) is 0 Å². The van der Waals surface area contributed by atoms with Crippen molar-refractivity contribution >= 4 is 57.4 Å². The minimum absolute atomic E-state index is 0.0101. The molecule has 1 amide bonds. The van der Waals surface area contributed by atoms with Crippen LogP contribution in [0.2, 0.25) is 0 Å². The van der Waals surface area contributed by atoms with Crippen LogP contribution in [0, 0.1) is 0 Å². The van der Waals surface area contributed by atoms with E-state index in [-0.39, 0.29) is 35.8 Å². The molecule has 15 heteroatoms. The number of carbonyl (C=O) groups is 3. The van der Waals surface area contributed by atoms with Gasteiger partial charge < -0.3 is 32.3 Å². The number of rotatable bonds is 9. The number of amides is 1. The molecule has 214 valence electrons. The summed E-state index contributed by atoms with van der Waals surface area (Å²) in [6.07, 6.45) is 4.30. The van der Waals surface area contributed by atoms with Gasteiger partial charge in [0, 0.05) is 29.3 Å². The summed E-state index contributed by atoms with van der Waals surface area (Å²) >= 11 is 0. The first kappa shape index (κ1) is 29.0. The Kier molecular flexibility index (Phi) is 9.24. The number of para-hydroxylation sites is 1. The molecule has 0 saturated heterocycles. The third-order valence-corrected chi connectivity index (χ3v) is 5.79. The summed E-state index contributed by atoms with van der Waals surface area (Å²) < 4.78 is 0. The summed E-state index contributed by atoms with van der Waals surface area (Å²) in [6.45, 7) is 0.300. The number of carboxylic acids is 2. The molecule has 0 aliphatic rings. The van der Waals surface area contributed by atoms with Crippen LogP contribution in [0.1, 0.15) is 28.9 Å². The predicted octanol–water partition coefficient (Wildman–Crippen LogP) is 1.87. The lowest BCUT2D eigenvalue weighted by molar-refractivity contribution is -0.140. The zero-order valence-electron chi connectivity index (χ0n) is 22.0. The lowest BCUT2D eigenvalue weighted by atomic mass is 10.1. The van der Waals surface area contributed by atoms with Gasteiger partial charge in [-0.1, -0.05) is 18.2 Å². The predicted molar refractivity (Wildman–Crippen MR) is 153 cm³/mol. The fourth-order valence-electron chi connectivity index (χ4n) is 3.69. The number of aromatic nitrogens is 6. The number of anilines is 3. The number of nitrogens with zero attached hydrogens (tertiary/aromatic N) is 6. The summed E-state index contributed by atoms with van der Waals surface area (Å²) in [7, 11) is 0. The molecule has 42 heavy (non-hydrogen) atoms. The summed E-state index contributed by atoms with van der Waals surface area (Å²) in [5.41, 5.74) is 14.4. The van der Waals surface area contributed by atoms with Crippen molar-refractivity contribution in [1.29, 1.82) is 0 Å². The molecular formula is C27H26N10O5. The van der Waals surface area contributed by atoms with E-state index in [2.05, 4.69) is 40.5 Å². The maximum Gasteiger partial charge on any atom is 0.326 e. The Hall–Kier alpha value is -5.99. The van der Waals surface area contributed by atoms with Gasteiger partial charge in [0.1, 0.15) is 12.4 Å². The molecule has 3 heterocycles. The Morgan fingerprint density at radius 1 is 0.905 bits per heavy atom. The second-order valence-electron chi connectivity index (χ2n) is 8.81. The highest BCUT2D eigenvalue weighted by Crippen LogP contribution is 2.16. The average molecular weight is 571 g/mol. The van der Waals surface area contributed by atoms with Gasteiger partial charge in [0.2, 0.25) is 5.95 Å². The lowest BCUT2D eigenvalue weighted by Gasteiger charge is -2.14. The second kappa shape index (κ2) is 13.4. The van der Waals surface area contributed by atoms with Crippen LogP contribution in [0.15, 0.2) is 67.3 Å². The number of hydrogen-bond donors (Lipinski definition) is 6. The molecule has 0 radical (unpaired) electrons. The highest BCUT2D eigenvalue weighted by atomic mass is 16.4. The molecular weight excluding hydrogens is 544 g/mol. The van der Waals surface area contributed by atoms with Crippen LogP contribution in [-0.4, -0.2) is 64.0 Å². The Bertz CT molecular complexity index is 1670. The number of nitrogen functional groups attached to an aromatic ring is 2. The zero-order chi connectivity index (χ0) is 30.1. The van der Waals surface area contributed by atoms with E-state index in [0.717, 1.165) is 10.9 Å². The summed E-state index contributed by atoms with van der Waals surface area (Å²) in [5.74, 6) is -2.93. The van der Waals surface area contributed by atoms with E-state index >= 15 is 0 Å². The van der Waals surface area contributed by atoms with Crippen LogP contribution in [0.5, 0.6) is 0 Å². The van der Waals surface area contributed by atoms with Crippen molar-refractivity contribution in [3.63, 3.8) is 0 Å². The topological polar surface area (TPSA) is 245 Å². The fraction of sp³-hybridized carbons (Fsp3) is 0.148. The van der Waals surface area contributed by atoms with Crippen molar-refractivity contribution in [1.82, 2.24) is 35.2 Å². The molecule has 0 saturated carbocycles. The van der Waals surface area contributed by atoms with Crippen LogP contribution in [-0.2, 0) is 16.1 Å². The molecule has 0 aliphatic carbocycles. The number of fused-ring (bicyclic) bond motifs is 2. The highest BCUT2D eigenvalue weighted by Gasteiger charge is 2.21. The molecule has 5 aromatic rings. The number of nitrogens with two attached hydrogens (primary N) is 2. The third kappa shape index (κ3) is 7.78. The van der Waals surface area contributed by atoms with Crippen LogP contribution >= 0.6 is 0 Å². The van der Waals surface area contributed by atoms with Crippen LogP contribution < -0.4 is 22.1 Å². The minimum Gasteiger partial charge on any atom is -0.481 e. The molecule has 15 nitrogen and oxygen atoms in total. The van der Waals surface area contributed by atoms with E-state index < -0.39 is 23.9 Å². The van der Waals surface area contributed by atoms with Gasteiger partial charge >= 0.3 is 11.9 Å². The van der Waals surface area contributed by atoms with Gasteiger partial charge in [-0.2, -0.15) is 9.97 Å². The van der Waals surface area contributed by atoms with Gasteiger partial charge in [0.25, 0.3) is 5.91 Å². The molecule has 0 fully saturated rings. The molecule has 5 rings (SSSR count). The number of carboxylic acid groups (broad SMARTS) is 2. The first-order valence-electron chi connectivity index (χ1n) is 12.5. The van der Waals surface area contributed by atoms with E-state index in [9.17, 15) is 14.4 Å². The average Bonchev–Trinajstić information content (AvgIpc) is 2.98. The van der Waals surface area contributed by atoms with Gasteiger partial charge in [-0.25, -0.2) is 24.7 Å². The van der Waals surface area contributed by atoms with Crippen LogP contribution in [0.25, 0.3) is 22.1 Å². The molecule has 0 spiro atoms. The summed E-state index contributed by atoms with van der Waals surface area (Å²) in [6, 6.07) is 12.9. The van der Waals surface area contributed by atoms with Gasteiger partial charge in [-0.05, 0) is 36.8 Å². The third-order valence-electron chi connectivity index (χ3n) is 5.79. The monoisotopic (exact) mass is 570 g/mol. The normalized spacial score (nSPS) is 11.2. The van der Waals surface area contributed by atoms with E-state index in [4.69, 9.17) is 21.7 Å². The standard InChI is InChI=1S/C19H20N8O5.C8H6N2/c20-15-14-16(27-19(21)26-15)23-8-11(24-14)7-22-10-3-1-9(2-4-10)17(30)25-12(18(31)32)5-6-13(28)29;1-2-4-8-7(3-1)5-9-6-10-8/h1-4,8,12,22H,5-7H2,(H,25,30)(H,28,29)(H,31,32)(H4,20,21,23,26,27);1-6H. The molecule has 2 aromatic carbocycles. The van der Waals surface area contributed by atoms with Crippen molar-refractivity contribution in [2.75, 3.05) is 16.8 Å². The summed E-state index contributed by atoms with van der Waals surface area (Å²) in [5, 5.41) is 24.4. The molecule has 8 N–H and O–H groups in total. The van der Waals surface area contributed by atoms with Crippen molar-refractivity contribution in [2.45, 2.75) is 25.4 Å². The summed E-state index contributed by atoms with van der Waals surface area (Å²) in [4.78, 5) is 58.5. The van der Waals surface area contributed by atoms with Crippen molar-refractivity contribution < 1.29 is 24.6 Å². The lowest BCUT2D eigenvalue weighted by Crippen LogP contribution is -2.41. The molecule has 1 atom stereocenters. The maximum absolute atomic E-state index is 12.3. The Balaban J connectivity index is 0.000000337. The minimum atomic E-state index is -1.30. The van der Waals surface area contributed by atoms with E-state index in [1.54, 1.807) is 18.5 Å². The number of benzene rings is 2. The van der Waals surface area contributed by atoms with Gasteiger partial charge in [-0.3, -0.25) is 9.59 Å². The van der Waals surface area contributed by atoms with Crippen molar-refractivity contribution in [3.05, 3.63) is 78.5 Å². The quantitative estimate of drug-likeness (QED) is 0.148. The zero-order valence-corrected chi connectivity index (χ0v) is 22.0. The maximum atomic E-state index is 12.3. The van der Waals surface area contributed by atoms with Gasteiger partial charge in [0.15, 0.2) is 17.0 Å². The molecule has 0 aliphatic heterocycles. The number of aliphatic carboxylic acids is 2. The first-order chi connectivity index (χ1) is 20.2. The number of carbonyl (C=O) groups excluding carboxylic acids is 1. The van der Waals surface area contributed by atoms with Gasteiger partial charge in [0.05, 0.1) is 24.0 Å². The molecule has 1 unspecified atom stereocenters. The van der Waals surface area contributed by atoms with E-state index in [0.29, 0.717) is 23.4 Å². The fourth-order valence-corrected chi connectivity index (χ4v) is 3.69. The number of hydrogen-bond acceptors (Lipinski definition) is 12. The largest absolute Gasteiger partial charge is 0.481 e. The molecule has 3 aromatic heterocycles. The molecule has 0 bridgehead atoms. The van der Waals surface area contributed by atoms with Crippen LogP contribution in [0.3, 0.4) is 0 Å². The van der Waals surface area contributed by atoms with E-state index in [1.807, 2.05) is 30.5 Å². The van der Waals surface area contributed by atoms with Crippen molar-refractivity contribution in [3.8, 4) is 0 Å². The Morgan fingerprint density at radius 3 is 2.38 bits per heavy atom. The highest BCUT2D eigenvalue weighted by molar-refractivity contribution is 5.97. The van der Waals surface area contributed by atoms with E-state index in [1.165, 1.54) is 18.3 Å². The smallest absolute Gasteiger partial charge is 0.326 e. The Labute approximate surface area is 238 Å². The Morgan fingerprint density at radius 2 is 1.67 bits per heavy atom. The second-order valence-corrected chi connectivity index (χ2v) is 8.81. The van der Waals surface area contributed by atoms with Crippen molar-refractivity contribution in [2.24, 2.45) is 0 Å². The first-order valence-corrected chi connectivity index (χ1v) is 12.5. The number of nitrogens with one attached hydrogen (secondary N) is 2.